The van der Waals surface area contributed by atoms with Crippen LogP contribution in [-0.2, 0) is 28.6 Å². The Labute approximate surface area is 449 Å². The van der Waals surface area contributed by atoms with Gasteiger partial charge in [-0.1, -0.05) is 264 Å². The Bertz CT molecular complexity index is 1580. The van der Waals surface area contributed by atoms with Crippen LogP contribution < -0.4 is 0 Å². The highest BCUT2D eigenvalue weighted by atomic mass is 16.6. The molecule has 6 heteroatoms. The highest BCUT2D eigenvalue weighted by Crippen LogP contribution is 2.15. The molecule has 0 saturated carbocycles. The second-order valence-corrected chi connectivity index (χ2v) is 19.1. The van der Waals surface area contributed by atoms with E-state index in [-0.39, 0.29) is 31.6 Å². The van der Waals surface area contributed by atoms with Gasteiger partial charge < -0.3 is 14.2 Å². The van der Waals surface area contributed by atoms with Gasteiger partial charge in [0.2, 0.25) is 0 Å². The molecule has 0 aliphatic rings. The van der Waals surface area contributed by atoms with Crippen molar-refractivity contribution in [1.29, 1.82) is 0 Å². The molecule has 0 aromatic carbocycles. The van der Waals surface area contributed by atoms with E-state index in [1.165, 1.54) is 96.3 Å². The van der Waals surface area contributed by atoms with Gasteiger partial charge in [-0.3, -0.25) is 14.4 Å². The van der Waals surface area contributed by atoms with Crippen LogP contribution in [0.1, 0.15) is 252 Å². The molecule has 0 N–H and O–H groups in total. The summed E-state index contributed by atoms with van der Waals surface area (Å²) in [4.78, 5) is 37.9. The predicted octanol–water partition coefficient (Wildman–Crippen LogP) is 20.2. The summed E-state index contributed by atoms with van der Waals surface area (Å²) >= 11 is 0. The summed E-state index contributed by atoms with van der Waals surface area (Å²) in [6.45, 7) is 6.31. The number of ether oxygens (including phenoxy) is 3. The van der Waals surface area contributed by atoms with Crippen LogP contribution in [0.5, 0.6) is 0 Å². The van der Waals surface area contributed by atoms with Gasteiger partial charge in [-0.2, -0.15) is 0 Å². The van der Waals surface area contributed by atoms with Crippen LogP contribution in [-0.4, -0.2) is 37.2 Å². The lowest BCUT2D eigenvalue weighted by atomic mass is 10.0. The van der Waals surface area contributed by atoms with E-state index in [4.69, 9.17) is 14.2 Å². The molecular weight excluding hydrogens is 901 g/mol. The van der Waals surface area contributed by atoms with E-state index in [9.17, 15) is 14.4 Å². The van der Waals surface area contributed by atoms with Crippen LogP contribution in [0.2, 0.25) is 0 Å². The van der Waals surface area contributed by atoms with Gasteiger partial charge in [-0.15, -0.1) is 0 Å². The number of esters is 3. The quantitative estimate of drug-likeness (QED) is 0.0261. The third-order valence-corrected chi connectivity index (χ3v) is 12.2. The molecule has 0 fully saturated rings. The number of hydrogen-bond acceptors (Lipinski definition) is 6. The number of carbonyl (C=O) groups excluding carboxylic acids is 3. The van der Waals surface area contributed by atoms with Crippen molar-refractivity contribution >= 4 is 17.9 Å². The van der Waals surface area contributed by atoms with Crippen molar-refractivity contribution in [2.45, 2.75) is 258 Å². The zero-order valence-corrected chi connectivity index (χ0v) is 47.1. The maximum Gasteiger partial charge on any atom is 0.306 e. The van der Waals surface area contributed by atoms with Crippen molar-refractivity contribution < 1.29 is 28.6 Å². The van der Waals surface area contributed by atoms with Crippen LogP contribution >= 0.6 is 0 Å². The summed E-state index contributed by atoms with van der Waals surface area (Å²) in [6.07, 6.45) is 84.9. The summed E-state index contributed by atoms with van der Waals surface area (Å²) < 4.78 is 16.7. The topological polar surface area (TPSA) is 78.9 Å². The van der Waals surface area contributed by atoms with Gasteiger partial charge in [-0.05, 0) is 103 Å². The first kappa shape index (κ1) is 68.6. The molecule has 0 heterocycles. The monoisotopic (exact) mass is 1010 g/mol. The second kappa shape index (κ2) is 60.1. The van der Waals surface area contributed by atoms with Crippen LogP contribution in [0.3, 0.4) is 0 Å². The molecule has 0 amide bonds. The van der Waals surface area contributed by atoms with E-state index in [1.54, 1.807) is 0 Å². The van der Waals surface area contributed by atoms with Crippen molar-refractivity contribution in [3.8, 4) is 0 Å². The Balaban J connectivity index is 4.18. The van der Waals surface area contributed by atoms with E-state index in [0.717, 1.165) is 109 Å². The Morgan fingerprint density at radius 2 is 0.562 bits per heavy atom. The van der Waals surface area contributed by atoms with Crippen molar-refractivity contribution in [2.75, 3.05) is 13.2 Å². The minimum absolute atomic E-state index is 0.108. The minimum atomic E-state index is -0.817. The number of rotatable bonds is 52. The molecule has 0 rings (SSSR count). The van der Waals surface area contributed by atoms with E-state index >= 15 is 0 Å². The molecule has 0 radical (unpaired) electrons. The molecule has 6 nitrogen and oxygen atoms in total. The lowest BCUT2D eigenvalue weighted by molar-refractivity contribution is -0.166. The molecule has 73 heavy (non-hydrogen) atoms. The van der Waals surface area contributed by atoms with Crippen molar-refractivity contribution in [1.82, 2.24) is 0 Å². The lowest BCUT2D eigenvalue weighted by Crippen LogP contribution is -2.30. The number of hydrogen-bond donors (Lipinski definition) is 0. The van der Waals surface area contributed by atoms with E-state index in [1.807, 2.05) is 12.2 Å². The molecular formula is C67H108O6. The third-order valence-electron chi connectivity index (χ3n) is 12.2. The summed E-state index contributed by atoms with van der Waals surface area (Å²) in [5, 5.41) is 0. The highest BCUT2D eigenvalue weighted by molar-refractivity contribution is 5.71. The van der Waals surface area contributed by atoms with Gasteiger partial charge in [0.25, 0.3) is 0 Å². The van der Waals surface area contributed by atoms with E-state index < -0.39 is 12.1 Å². The van der Waals surface area contributed by atoms with E-state index in [0.29, 0.717) is 19.3 Å². The highest BCUT2D eigenvalue weighted by Gasteiger charge is 2.19. The smallest absolute Gasteiger partial charge is 0.306 e. The van der Waals surface area contributed by atoms with Crippen LogP contribution in [0.15, 0.2) is 134 Å². The van der Waals surface area contributed by atoms with Crippen LogP contribution in [0.4, 0.5) is 0 Å². The van der Waals surface area contributed by atoms with Gasteiger partial charge in [0, 0.05) is 19.3 Å². The molecule has 0 bridgehead atoms. The van der Waals surface area contributed by atoms with Gasteiger partial charge in [0.1, 0.15) is 13.2 Å². The zero-order valence-electron chi connectivity index (χ0n) is 47.1. The fourth-order valence-corrected chi connectivity index (χ4v) is 7.79. The molecule has 0 aliphatic heterocycles. The first-order valence-corrected chi connectivity index (χ1v) is 29.7. The molecule has 0 aliphatic carbocycles. The normalized spacial score (nSPS) is 13.1. The van der Waals surface area contributed by atoms with Gasteiger partial charge >= 0.3 is 17.9 Å². The predicted molar refractivity (Wildman–Crippen MR) is 316 cm³/mol. The number of allylic oxidation sites excluding steroid dienone is 22. The van der Waals surface area contributed by atoms with Crippen molar-refractivity contribution in [3.63, 3.8) is 0 Å². The minimum Gasteiger partial charge on any atom is -0.462 e. The number of carbonyl (C=O) groups is 3. The average Bonchev–Trinajstić information content (AvgIpc) is 3.39. The summed E-state index contributed by atoms with van der Waals surface area (Å²) in [5.74, 6) is -1.00. The molecule has 412 valence electrons. The maximum absolute atomic E-state index is 12.8. The van der Waals surface area contributed by atoms with Crippen LogP contribution in [0.25, 0.3) is 0 Å². The zero-order chi connectivity index (χ0) is 52.9. The average molecular weight is 1010 g/mol. The van der Waals surface area contributed by atoms with Gasteiger partial charge in [-0.25, -0.2) is 0 Å². The molecule has 1 atom stereocenters. The molecule has 0 saturated heterocycles. The fraction of sp³-hybridized carbons (Fsp3) is 0.627. The molecule has 0 aromatic heterocycles. The van der Waals surface area contributed by atoms with Gasteiger partial charge in [0.05, 0.1) is 0 Å². The van der Waals surface area contributed by atoms with Crippen molar-refractivity contribution in [3.05, 3.63) is 134 Å². The maximum atomic E-state index is 12.8. The molecule has 0 spiro atoms. The number of unbranched alkanes of at least 4 members (excludes halogenated alkanes) is 19. The second-order valence-electron chi connectivity index (χ2n) is 19.1. The Morgan fingerprint density at radius 1 is 0.288 bits per heavy atom. The van der Waals surface area contributed by atoms with Crippen LogP contribution in [0, 0.1) is 0 Å². The Morgan fingerprint density at radius 3 is 0.890 bits per heavy atom. The standard InChI is InChI=1S/C67H108O6/c1-4-7-10-13-16-19-21-23-24-25-26-27-28-29-30-31-32-33-34-35-36-37-38-39-40-41-42-44-45-48-51-54-57-60-66(69)72-63-64(62-71-65(68)59-56-53-50-47-18-15-12-9-6-3)73-67(70)61-58-55-52-49-46-43-22-20-17-14-11-8-5-2/h7-8,10-11,16-17,19-20,23-24,26-27,29-30,32-33,35-36,43,46,52,55,64H,4-6,9,12-15,18,21-22,25,28,31,34,37-42,44-45,47-51,53-54,56-63H2,1-3H3/b10-7-,11-8-,19-16-,20-17-,24-23-,27-26-,30-29-,33-32-,36-35-,46-43-,55-52-. The Kier molecular flexibility index (Phi) is 56.4. The van der Waals surface area contributed by atoms with Crippen molar-refractivity contribution in [2.24, 2.45) is 0 Å². The first-order valence-electron chi connectivity index (χ1n) is 29.7. The summed E-state index contributed by atoms with van der Waals surface area (Å²) in [7, 11) is 0. The van der Waals surface area contributed by atoms with Gasteiger partial charge in [0.15, 0.2) is 6.10 Å². The SMILES string of the molecule is CC/C=C\C/C=C\C/C=C\C/C=C\C/C=C\C/C=C\C/C=C\CCCCCCCCCCCCCC(=O)OCC(COC(=O)CCCCCCCCCCC)OC(=O)CC/C=C\C/C=C\C/C=C\C/C=C\CC. The van der Waals surface area contributed by atoms with E-state index in [2.05, 4.69) is 142 Å². The first-order chi connectivity index (χ1) is 36.0. The lowest BCUT2D eigenvalue weighted by Gasteiger charge is -2.18. The third kappa shape index (κ3) is 58.3. The fourth-order valence-electron chi connectivity index (χ4n) is 7.79. The molecule has 0 aromatic rings. The molecule has 1 unspecified atom stereocenters. The summed E-state index contributed by atoms with van der Waals surface area (Å²) in [5.41, 5.74) is 0. The Hall–Kier alpha value is -4.45. The summed E-state index contributed by atoms with van der Waals surface area (Å²) in [6, 6.07) is 0. The largest absolute Gasteiger partial charge is 0.462 e.